The number of hydrogen-bond donors (Lipinski definition) is 2. The molecule has 2 aromatic heterocycles. The Balaban J connectivity index is 2.07. The van der Waals surface area contributed by atoms with Crippen molar-refractivity contribution in [2.24, 2.45) is 12.8 Å². The average Bonchev–Trinajstić information content (AvgIpc) is 2.93. The number of nitrogens with two attached hydrogens (primary N) is 1. The standard InChI is InChI=1S/C11H13N5O2S2/c1-6-10(19-5-8(12)17)20-11(14-6)15-9(18)7-3-4-13-16(7)2/h3-4H,5H2,1-2H3,(H2,12,17)(H,14,15,18). The number of hydrogen-bond acceptors (Lipinski definition) is 6. The lowest BCUT2D eigenvalue weighted by Gasteiger charge is -2.01. The molecule has 0 saturated heterocycles. The fourth-order valence-electron chi connectivity index (χ4n) is 1.46. The Bertz CT molecular complexity index is 649. The zero-order valence-corrected chi connectivity index (χ0v) is 12.5. The van der Waals surface area contributed by atoms with Gasteiger partial charge in [-0.15, -0.1) is 11.8 Å². The third-order valence-electron chi connectivity index (χ3n) is 2.37. The van der Waals surface area contributed by atoms with Crippen LogP contribution in [-0.2, 0) is 11.8 Å². The van der Waals surface area contributed by atoms with Crippen molar-refractivity contribution in [2.75, 3.05) is 11.1 Å². The molecule has 2 amide bonds. The van der Waals surface area contributed by atoms with Gasteiger partial charge in [0.2, 0.25) is 5.91 Å². The first-order valence-electron chi connectivity index (χ1n) is 5.65. The number of carbonyl (C=O) groups is 2. The molecule has 0 aliphatic heterocycles. The van der Waals surface area contributed by atoms with Gasteiger partial charge in [0.1, 0.15) is 5.69 Å². The molecule has 0 spiro atoms. The summed E-state index contributed by atoms with van der Waals surface area (Å²) in [4.78, 5) is 27.0. The van der Waals surface area contributed by atoms with Gasteiger partial charge in [-0.25, -0.2) is 4.98 Å². The molecule has 9 heteroatoms. The van der Waals surface area contributed by atoms with Gasteiger partial charge < -0.3 is 5.73 Å². The minimum atomic E-state index is -0.386. The molecular formula is C11H13N5O2S2. The van der Waals surface area contributed by atoms with E-state index in [0.29, 0.717) is 10.8 Å². The summed E-state index contributed by atoms with van der Waals surface area (Å²) in [6.07, 6.45) is 1.55. The molecule has 0 bridgehead atoms. The van der Waals surface area contributed by atoms with E-state index in [1.54, 1.807) is 19.3 Å². The van der Waals surface area contributed by atoms with E-state index in [2.05, 4.69) is 15.4 Å². The second-order valence-electron chi connectivity index (χ2n) is 3.94. The molecule has 106 valence electrons. The van der Waals surface area contributed by atoms with Crippen LogP contribution in [0, 0.1) is 6.92 Å². The minimum absolute atomic E-state index is 0.193. The van der Waals surface area contributed by atoms with Crippen molar-refractivity contribution < 1.29 is 9.59 Å². The molecule has 2 rings (SSSR count). The van der Waals surface area contributed by atoms with E-state index in [-0.39, 0.29) is 17.6 Å². The Morgan fingerprint density at radius 2 is 2.30 bits per heavy atom. The van der Waals surface area contributed by atoms with Gasteiger partial charge in [-0.05, 0) is 13.0 Å². The zero-order valence-electron chi connectivity index (χ0n) is 10.9. The van der Waals surface area contributed by atoms with E-state index in [1.807, 2.05) is 6.92 Å². The summed E-state index contributed by atoms with van der Waals surface area (Å²) in [5.74, 6) is -0.466. The van der Waals surface area contributed by atoms with Crippen LogP contribution >= 0.6 is 23.1 Å². The Kier molecular flexibility index (Phi) is 4.40. The molecule has 0 unspecified atom stereocenters. The van der Waals surface area contributed by atoms with Gasteiger partial charge in [0.05, 0.1) is 15.7 Å². The highest BCUT2D eigenvalue weighted by molar-refractivity contribution is 8.01. The molecule has 2 heterocycles. The van der Waals surface area contributed by atoms with E-state index >= 15 is 0 Å². The van der Waals surface area contributed by atoms with Crippen molar-refractivity contribution in [1.29, 1.82) is 0 Å². The number of aryl methyl sites for hydroxylation is 2. The van der Waals surface area contributed by atoms with Crippen LogP contribution in [0.5, 0.6) is 0 Å². The lowest BCUT2D eigenvalue weighted by atomic mass is 10.4. The molecule has 0 aliphatic carbocycles. The topological polar surface area (TPSA) is 103 Å². The molecule has 0 aliphatic rings. The van der Waals surface area contributed by atoms with Gasteiger partial charge in [0.25, 0.3) is 5.91 Å². The van der Waals surface area contributed by atoms with Gasteiger partial charge in [-0.3, -0.25) is 19.6 Å². The summed E-state index contributed by atoms with van der Waals surface area (Å²) in [5.41, 5.74) is 6.32. The summed E-state index contributed by atoms with van der Waals surface area (Å²) >= 11 is 2.63. The highest BCUT2D eigenvalue weighted by Crippen LogP contribution is 2.31. The summed E-state index contributed by atoms with van der Waals surface area (Å²) in [6.45, 7) is 1.82. The molecule has 20 heavy (non-hydrogen) atoms. The number of rotatable bonds is 5. The first-order valence-corrected chi connectivity index (χ1v) is 7.45. The normalized spacial score (nSPS) is 10.5. The van der Waals surface area contributed by atoms with Crippen LogP contribution in [0.1, 0.15) is 16.2 Å². The Morgan fingerprint density at radius 1 is 1.55 bits per heavy atom. The van der Waals surface area contributed by atoms with E-state index in [0.717, 1.165) is 9.90 Å². The van der Waals surface area contributed by atoms with Crippen LogP contribution in [0.15, 0.2) is 16.5 Å². The maximum atomic E-state index is 12.0. The van der Waals surface area contributed by atoms with Gasteiger partial charge >= 0.3 is 0 Å². The highest BCUT2D eigenvalue weighted by Gasteiger charge is 2.14. The van der Waals surface area contributed by atoms with E-state index in [1.165, 1.54) is 27.8 Å². The number of nitrogens with zero attached hydrogens (tertiary/aromatic N) is 3. The first kappa shape index (κ1) is 14.5. The monoisotopic (exact) mass is 311 g/mol. The number of nitrogens with one attached hydrogen (secondary N) is 1. The maximum Gasteiger partial charge on any atom is 0.275 e. The Hall–Kier alpha value is -1.87. The average molecular weight is 311 g/mol. The summed E-state index contributed by atoms with van der Waals surface area (Å²) in [5, 5.41) is 7.13. The predicted molar refractivity (Wildman–Crippen MR) is 77.9 cm³/mol. The largest absolute Gasteiger partial charge is 0.369 e. The molecule has 0 fully saturated rings. The van der Waals surface area contributed by atoms with Gasteiger partial charge in [0.15, 0.2) is 5.13 Å². The van der Waals surface area contributed by atoms with Crippen molar-refractivity contribution in [2.45, 2.75) is 11.1 Å². The summed E-state index contributed by atoms with van der Waals surface area (Å²) in [6, 6.07) is 1.62. The number of thiazole rings is 1. The van der Waals surface area contributed by atoms with Crippen LogP contribution in [-0.4, -0.2) is 32.3 Å². The number of carbonyl (C=O) groups excluding carboxylic acids is 2. The van der Waals surface area contributed by atoms with Crippen molar-refractivity contribution >= 4 is 40.0 Å². The number of amides is 2. The predicted octanol–water partition coefficient (Wildman–Crippen LogP) is 1.01. The van der Waals surface area contributed by atoms with E-state index in [9.17, 15) is 9.59 Å². The molecule has 0 radical (unpaired) electrons. The van der Waals surface area contributed by atoms with Crippen molar-refractivity contribution in [3.8, 4) is 0 Å². The summed E-state index contributed by atoms with van der Waals surface area (Å²) < 4.78 is 2.35. The minimum Gasteiger partial charge on any atom is -0.369 e. The van der Waals surface area contributed by atoms with Crippen molar-refractivity contribution in [3.63, 3.8) is 0 Å². The third kappa shape index (κ3) is 3.36. The Morgan fingerprint density at radius 3 is 2.90 bits per heavy atom. The third-order valence-corrected chi connectivity index (χ3v) is 4.83. The number of thioether (sulfide) groups is 1. The zero-order chi connectivity index (χ0) is 14.7. The van der Waals surface area contributed by atoms with Gasteiger partial charge in [0, 0.05) is 13.2 Å². The second kappa shape index (κ2) is 6.06. The molecule has 2 aromatic rings. The van der Waals surface area contributed by atoms with Crippen molar-refractivity contribution in [1.82, 2.24) is 14.8 Å². The van der Waals surface area contributed by atoms with Crippen LogP contribution in [0.4, 0.5) is 5.13 Å². The van der Waals surface area contributed by atoms with Crippen molar-refractivity contribution in [3.05, 3.63) is 23.7 Å². The van der Waals surface area contributed by atoms with E-state index in [4.69, 9.17) is 5.73 Å². The molecule has 0 aromatic carbocycles. The number of primary amides is 1. The lowest BCUT2D eigenvalue weighted by Crippen LogP contribution is -2.15. The summed E-state index contributed by atoms with van der Waals surface area (Å²) in [7, 11) is 1.69. The SMILES string of the molecule is Cc1nc(NC(=O)c2ccnn2C)sc1SCC(N)=O. The lowest BCUT2D eigenvalue weighted by molar-refractivity contribution is -0.115. The van der Waals surface area contributed by atoms with E-state index < -0.39 is 0 Å². The number of anilines is 1. The highest BCUT2D eigenvalue weighted by atomic mass is 32.2. The fraction of sp³-hybridized carbons (Fsp3) is 0.273. The molecular weight excluding hydrogens is 298 g/mol. The van der Waals surface area contributed by atoms with Gasteiger partial charge in [-0.1, -0.05) is 11.3 Å². The molecule has 3 N–H and O–H groups in total. The fourth-order valence-corrected chi connectivity index (χ4v) is 3.34. The smallest absolute Gasteiger partial charge is 0.275 e. The first-order chi connectivity index (χ1) is 9.47. The van der Waals surface area contributed by atoms with Crippen LogP contribution < -0.4 is 11.1 Å². The van der Waals surface area contributed by atoms with Crippen LogP contribution in [0.25, 0.3) is 0 Å². The number of aromatic nitrogens is 3. The quantitative estimate of drug-likeness (QED) is 0.802. The molecule has 0 atom stereocenters. The molecule has 0 saturated carbocycles. The maximum absolute atomic E-state index is 12.0. The second-order valence-corrected chi connectivity index (χ2v) is 6.18. The van der Waals surface area contributed by atoms with Crippen LogP contribution in [0.2, 0.25) is 0 Å². The van der Waals surface area contributed by atoms with Crippen LogP contribution in [0.3, 0.4) is 0 Å². The Labute approximate surface area is 123 Å². The molecule has 7 nitrogen and oxygen atoms in total. The van der Waals surface area contributed by atoms with Gasteiger partial charge in [-0.2, -0.15) is 5.10 Å².